The molecule has 0 aromatic heterocycles. The number of hydrogen-bond acceptors (Lipinski definition) is 0. The molecule has 0 fully saturated rings. The van der Waals surface area contributed by atoms with Crippen LogP contribution in [0, 0.1) is 0 Å². The SMILES string of the molecule is [Cl-].[Cl-].[Cl-].[Cl-].[Cl-].[Cl-].[Cl-].[Cl-].[NH4+].[NH4+].[NH4+].[NH4+].[NH4+].[NH4+].[NH4+].[NH4+]. The van der Waals surface area contributed by atoms with E-state index < -0.39 is 0 Å². The molecule has 0 bridgehead atoms. The van der Waals surface area contributed by atoms with Gasteiger partial charge in [-0.05, 0) is 0 Å². The molecule has 8 nitrogen and oxygen atoms in total. The summed E-state index contributed by atoms with van der Waals surface area (Å²) in [5.74, 6) is 0. The molecule has 16 heavy (non-hydrogen) atoms. The normalized spacial score (nSPS) is 0. The maximum Gasteiger partial charge on any atom is -0.369 e. The minimum absolute atomic E-state index is 0. The second-order valence-corrected chi connectivity index (χ2v) is 0. The topological polar surface area (TPSA) is 292 Å². The quantitative estimate of drug-likeness (QED) is 0.178. The van der Waals surface area contributed by atoms with Crippen LogP contribution in [-0.4, -0.2) is 0 Å². The Labute approximate surface area is 148 Å². The summed E-state index contributed by atoms with van der Waals surface area (Å²) >= 11 is 0. The van der Waals surface area contributed by atoms with Crippen molar-refractivity contribution >= 4 is 0 Å². The van der Waals surface area contributed by atoms with Gasteiger partial charge in [0.25, 0.3) is 0 Å². The molecule has 0 heterocycles. The molecule has 0 amide bonds. The van der Waals surface area contributed by atoms with Crippen LogP contribution >= 0.6 is 0 Å². The second-order valence-electron chi connectivity index (χ2n) is 0. The van der Waals surface area contributed by atoms with E-state index in [-0.39, 0.29) is 148 Å². The monoisotopic (exact) mass is 424 g/mol. The Hall–Kier alpha value is 2.00. The van der Waals surface area contributed by atoms with Gasteiger partial charge in [0.05, 0.1) is 0 Å². The summed E-state index contributed by atoms with van der Waals surface area (Å²) in [7, 11) is 0. The molecule has 0 atom stereocenters. The van der Waals surface area contributed by atoms with Crippen molar-refractivity contribution in [1.82, 2.24) is 49.2 Å². The summed E-state index contributed by atoms with van der Waals surface area (Å²) in [5.41, 5.74) is 0. The maximum absolute atomic E-state index is 0. The van der Waals surface area contributed by atoms with Crippen LogP contribution in [0.25, 0.3) is 0 Å². The van der Waals surface area contributed by atoms with E-state index in [1.807, 2.05) is 0 Å². The molecule has 0 aliphatic heterocycles. The molecule has 0 radical (unpaired) electrons. The summed E-state index contributed by atoms with van der Waals surface area (Å²) in [6.07, 6.45) is 0. The van der Waals surface area contributed by atoms with Gasteiger partial charge in [0.2, 0.25) is 0 Å². The molecular weight excluding hydrogens is 396 g/mol. The third kappa shape index (κ3) is 900. The Bertz CT molecular complexity index is 16.0. The summed E-state index contributed by atoms with van der Waals surface area (Å²) in [6, 6.07) is 0. The van der Waals surface area contributed by atoms with Crippen molar-refractivity contribution in [2.45, 2.75) is 0 Å². The van der Waals surface area contributed by atoms with Gasteiger partial charge in [0, 0.05) is 0 Å². The van der Waals surface area contributed by atoms with Crippen LogP contribution < -0.4 is 148 Å². The number of halogens is 8. The van der Waals surface area contributed by atoms with Crippen molar-refractivity contribution in [1.29, 1.82) is 0 Å². The van der Waals surface area contributed by atoms with Crippen molar-refractivity contribution < 1.29 is 99.3 Å². The molecule has 0 rings (SSSR count). The Kier molecular flexibility index (Phi) is 88400. The van der Waals surface area contributed by atoms with Crippen LogP contribution in [0.1, 0.15) is 0 Å². The fourth-order valence-corrected chi connectivity index (χ4v) is 0. The van der Waals surface area contributed by atoms with E-state index in [9.17, 15) is 0 Å². The molecule has 0 unspecified atom stereocenters. The molecule has 0 aromatic rings. The van der Waals surface area contributed by atoms with Gasteiger partial charge in [0.15, 0.2) is 0 Å². The van der Waals surface area contributed by atoms with Crippen molar-refractivity contribution in [2.24, 2.45) is 0 Å². The third-order valence-corrected chi connectivity index (χ3v) is 0. The maximum atomic E-state index is 0. The first-order valence-corrected chi connectivity index (χ1v) is 0. The third-order valence-electron chi connectivity index (χ3n) is 0. The van der Waals surface area contributed by atoms with Crippen LogP contribution in [0.5, 0.6) is 0 Å². The molecule has 128 valence electrons. The molecule has 0 aliphatic rings. The highest BCUT2D eigenvalue weighted by molar-refractivity contribution is 2.14. The number of hydrogen-bond donors (Lipinski definition) is 8. The van der Waals surface area contributed by atoms with Gasteiger partial charge >= 0.3 is 0 Å². The minimum Gasteiger partial charge on any atom is -1.00 e. The van der Waals surface area contributed by atoms with Gasteiger partial charge in [-0.25, -0.2) is 0 Å². The van der Waals surface area contributed by atoms with E-state index in [2.05, 4.69) is 0 Å². The first-order valence-electron chi connectivity index (χ1n) is 0. The Morgan fingerprint density at radius 3 is 0.125 bits per heavy atom. The zero-order chi connectivity index (χ0) is 0. The van der Waals surface area contributed by atoms with Crippen LogP contribution in [0.2, 0.25) is 0 Å². The largest absolute Gasteiger partial charge is 1.00 e. The number of quaternary nitrogens is 8. The summed E-state index contributed by atoms with van der Waals surface area (Å²) in [6.45, 7) is 0. The lowest BCUT2D eigenvalue weighted by atomic mass is 14.0. The molecule has 0 saturated heterocycles. The average molecular weight is 428 g/mol. The average Bonchev–Trinajstić information content (AvgIpc) is 0. The van der Waals surface area contributed by atoms with Gasteiger partial charge in [-0.3, -0.25) is 0 Å². The smallest absolute Gasteiger partial charge is 0.369 e. The predicted molar refractivity (Wildman–Crippen MR) is 47.9 cm³/mol. The minimum atomic E-state index is 0. The lowest BCUT2D eigenvalue weighted by Crippen LogP contribution is -3.00. The molecule has 0 aliphatic carbocycles. The molecule has 32 N–H and O–H groups in total. The lowest BCUT2D eigenvalue weighted by Gasteiger charge is -1.00. The fourth-order valence-electron chi connectivity index (χ4n) is 0. The summed E-state index contributed by atoms with van der Waals surface area (Å²) in [4.78, 5) is 0. The highest BCUT2D eigenvalue weighted by Gasteiger charge is -0.362. The molecule has 0 spiro atoms. The van der Waals surface area contributed by atoms with Crippen LogP contribution in [0.3, 0.4) is 0 Å². The summed E-state index contributed by atoms with van der Waals surface area (Å²) < 4.78 is 0. The highest BCUT2D eigenvalue weighted by atomic mass is 35.5. The Morgan fingerprint density at radius 2 is 0.125 bits per heavy atom. The van der Waals surface area contributed by atoms with Gasteiger partial charge in [-0.15, -0.1) is 0 Å². The van der Waals surface area contributed by atoms with Crippen molar-refractivity contribution in [2.75, 3.05) is 0 Å². The van der Waals surface area contributed by atoms with Crippen molar-refractivity contribution in [3.8, 4) is 0 Å². The van der Waals surface area contributed by atoms with Gasteiger partial charge in [0.1, 0.15) is 0 Å². The zero-order valence-electron chi connectivity index (χ0n) is 11.0. The van der Waals surface area contributed by atoms with Gasteiger partial charge in [-0.2, -0.15) is 0 Å². The standard InChI is InChI=1S/8ClH.8H3N/h8*1H;8*1H3. The fraction of sp³-hybridized carbons (Fsp3) is 0. The van der Waals surface area contributed by atoms with Crippen molar-refractivity contribution in [3.63, 3.8) is 0 Å². The zero-order valence-corrected chi connectivity index (χ0v) is 17.1. The van der Waals surface area contributed by atoms with Gasteiger partial charge in [-0.1, -0.05) is 0 Å². The van der Waals surface area contributed by atoms with E-state index >= 15 is 0 Å². The first-order chi connectivity index (χ1) is 0. The van der Waals surface area contributed by atoms with E-state index in [1.165, 1.54) is 0 Å². The van der Waals surface area contributed by atoms with E-state index in [4.69, 9.17) is 0 Å². The number of rotatable bonds is 0. The van der Waals surface area contributed by atoms with E-state index in [1.54, 1.807) is 0 Å². The van der Waals surface area contributed by atoms with Gasteiger partial charge < -0.3 is 148 Å². The molecule has 16 heteroatoms. The van der Waals surface area contributed by atoms with Crippen LogP contribution in [0.15, 0.2) is 0 Å². The molecular formula is H32Cl8N8. The lowest BCUT2D eigenvalue weighted by molar-refractivity contribution is -0.00100. The molecule has 0 aromatic carbocycles. The Balaban J connectivity index is 0. The van der Waals surface area contributed by atoms with E-state index in [0.717, 1.165) is 0 Å². The predicted octanol–water partition coefficient (Wildman–Crippen LogP) is -21.0. The van der Waals surface area contributed by atoms with Crippen LogP contribution in [0.4, 0.5) is 0 Å². The highest BCUT2D eigenvalue weighted by Crippen LogP contribution is -0.474. The van der Waals surface area contributed by atoms with E-state index in [0.29, 0.717) is 0 Å². The Morgan fingerprint density at radius 1 is 0.125 bits per heavy atom. The first kappa shape index (κ1) is 1300. The molecule has 0 saturated carbocycles. The summed E-state index contributed by atoms with van der Waals surface area (Å²) in [5, 5.41) is 0. The van der Waals surface area contributed by atoms with Crippen LogP contribution in [-0.2, 0) is 0 Å². The van der Waals surface area contributed by atoms with Crippen molar-refractivity contribution in [3.05, 3.63) is 0 Å². The second kappa shape index (κ2) is 1090.